The summed E-state index contributed by atoms with van der Waals surface area (Å²) in [5, 5.41) is 0. The number of halogens is 1. The van der Waals surface area contributed by atoms with E-state index in [1.165, 1.54) is 12.1 Å². The minimum atomic E-state index is -4.99. The predicted octanol–water partition coefficient (Wildman–Crippen LogP) is 2.80. The van der Waals surface area contributed by atoms with E-state index in [0.717, 1.165) is 18.7 Å². The van der Waals surface area contributed by atoms with Crippen LogP contribution in [0.3, 0.4) is 0 Å². The Balaban J connectivity index is 2.64. The van der Waals surface area contributed by atoms with E-state index in [1.54, 1.807) is 24.3 Å². The fourth-order valence-electron chi connectivity index (χ4n) is 1.82. The van der Waals surface area contributed by atoms with Gasteiger partial charge in [-0.05, 0) is 23.3 Å². The van der Waals surface area contributed by atoms with Gasteiger partial charge in [0.15, 0.2) is 0 Å². The average molecular weight is 294 g/mol. The smallest absolute Gasteiger partial charge is 0.339 e. The van der Waals surface area contributed by atoms with Gasteiger partial charge in [0.05, 0.1) is 12.7 Å². The van der Waals surface area contributed by atoms with Crippen molar-refractivity contribution in [2.24, 2.45) is 0 Å². The van der Waals surface area contributed by atoms with E-state index in [0.29, 0.717) is 5.56 Å². The molecule has 0 atom stereocenters. The highest BCUT2D eigenvalue weighted by atomic mass is 32.3. The van der Waals surface area contributed by atoms with Crippen LogP contribution in [0.2, 0.25) is 0 Å². The molecule has 0 heterocycles. The molecule has 0 unspecified atom stereocenters. The number of benzene rings is 2. The van der Waals surface area contributed by atoms with Crippen molar-refractivity contribution in [3.63, 3.8) is 0 Å². The van der Waals surface area contributed by atoms with Gasteiger partial charge in [0, 0.05) is 0 Å². The van der Waals surface area contributed by atoms with Crippen molar-refractivity contribution < 1.29 is 21.8 Å². The van der Waals surface area contributed by atoms with Crippen LogP contribution in [-0.2, 0) is 15.0 Å². The summed E-state index contributed by atoms with van der Waals surface area (Å²) in [4.78, 5) is 10.9. The van der Waals surface area contributed by atoms with E-state index in [4.69, 9.17) is 0 Å². The fourth-order valence-corrected chi connectivity index (χ4v) is 2.46. The molecule has 0 aromatic heterocycles. The van der Waals surface area contributed by atoms with Crippen LogP contribution < -0.4 is 0 Å². The molecule has 0 amide bonds. The zero-order chi connectivity index (χ0) is 14.8. The first-order valence-corrected chi connectivity index (χ1v) is 7.04. The van der Waals surface area contributed by atoms with Crippen LogP contribution in [0.15, 0.2) is 53.4 Å². The van der Waals surface area contributed by atoms with Crippen molar-refractivity contribution in [1.29, 1.82) is 0 Å². The average Bonchev–Trinajstić information content (AvgIpc) is 2.45. The quantitative estimate of drug-likeness (QED) is 0.645. The maximum absolute atomic E-state index is 13.2. The number of methoxy groups -OCH3 is 1. The highest BCUT2D eigenvalue weighted by molar-refractivity contribution is 7.86. The molecule has 0 bridgehead atoms. The van der Waals surface area contributed by atoms with Crippen molar-refractivity contribution in [2.45, 2.75) is 4.90 Å². The highest BCUT2D eigenvalue weighted by Gasteiger charge is 2.23. The van der Waals surface area contributed by atoms with Gasteiger partial charge in [0.25, 0.3) is 0 Å². The summed E-state index contributed by atoms with van der Waals surface area (Å²) in [6.07, 6.45) is 0. The SMILES string of the molecule is COC(=O)c1cc(-c2ccccc2)ccc1S(=O)(=O)F. The molecular formula is C14H11FO4S. The number of carbonyl (C=O) groups excluding carboxylic acids is 1. The molecule has 2 aromatic rings. The summed E-state index contributed by atoms with van der Waals surface area (Å²) in [6.45, 7) is 0. The lowest BCUT2D eigenvalue weighted by atomic mass is 10.0. The first-order chi connectivity index (χ1) is 9.43. The number of esters is 1. The van der Waals surface area contributed by atoms with Gasteiger partial charge in [-0.25, -0.2) is 4.79 Å². The Kier molecular flexibility index (Phi) is 3.85. The molecule has 0 aliphatic rings. The minimum absolute atomic E-state index is 0.323. The van der Waals surface area contributed by atoms with Crippen LogP contribution in [0.4, 0.5) is 3.89 Å². The zero-order valence-corrected chi connectivity index (χ0v) is 11.4. The van der Waals surface area contributed by atoms with Crippen molar-refractivity contribution in [3.05, 3.63) is 54.1 Å². The largest absolute Gasteiger partial charge is 0.465 e. The first-order valence-electron chi connectivity index (χ1n) is 5.66. The summed E-state index contributed by atoms with van der Waals surface area (Å²) in [5.74, 6) is -0.904. The van der Waals surface area contributed by atoms with Crippen LogP contribution in [0.5, 0.6) is 0 Å². The normalized spacial score (nSPS) is 11.1. The zero-order valence-electron chi connectivity index (χ0n) is 10.5. The number of ether oxygens (including phenoxy) is 1. The van der Waals surface area contributed by atoms with E-state index in [-0.39, 0.29) is 5.56 Å². The Bertz CT molecular complexity index is 739. The maximum atomic E-state index is 13.2. The summed E-state index contributed by atoms with van der Waals surface area (Å²) < 4.78 is 39.8. The number of hydrogen-bond acceptors (Lipinski definition) is 4. The predicted molar refractivity (Wildman–Crippen MR) is 71.5 cm³/mol. The van der Waals surface area contributed by atoms with Gasteiger partial charge in [0.2, 0.25) is 0 Å². The van der Waals surface area contributed by atoms with E-state index in [2.05, 4.69) is 4.74 Å². The van der Waals surface area contributed by atoms with Crippen LogP contribution in [0.25, 0.3) is 11.1 Å². The molecule has 4 nitrogen and oxygen atoms in total. The Hall–Kier alpha value is -2.21. The number of hydrogen-bond donors (Lipinski definition) is 0. The lowest BCUT2D eigenvalue weighted by Gasteiger charge is -2.08. The van der Waals surface area contributed by atoms with Crippen LogP contribution in [0, 0.1) is 0 Å². The second-order valence-corrected chi connectivity index (χ2v) is 5.32. The van der Waals surface area contributed by atoms with Crippen LogP contribution in [0.1, 0.15) is 10.4 Å². The molecule has 0 saturated carbocycles. The summed E-state index contributed by atoms with van der Waals surface area (Å²) in [6, 6.07) is 12.8. The molecular weight excluding hydrogens is 283 g/mol. The van der Waals surface area contributed by atoms with Gasteiger partial charge >= 0.3 is 16.2 Å². The topological polar surface area (TPSA) is 60.4 Å². The van der Waals surface area contributed by atoms with Crippen LogP contribution >= 0.6 is 0 Å². The molecule has 2 aromatic carbocycles. The number of rotatable bonds is 3. The van der Waals surface area contributed by atoms with Crippen molar-refractivity contribution in [1.82, 2.24) is 0 Å². The summed E-state index contributed by atoms with van der Waals surface area (Å²) >= 11 is 0. The summed E-state index contributed by atoms with van der Waals surface area (Å²) in [5.41, 5.74) is 1.05. The van der Waals surface area contributed by atoms with Crippen molar-refractivity contribution in [2.75, 3.05) is 7.11 Å². The molecule has 104 valence electrons. The third kappa shape index (κ3) is 2.85. The van der Waals surface area contributed by atoms with Gasteiger partial charge < -0.3 is 4.74 Å². The molecule has 2 rings (SSSR count). The monoisotopic (exact) mass is 294 g/mol. The lowest BCUT2D eigenvalue weighted by Crippen LogP contribution is -2.08. The molecule has 20 heavy (non-hydrogen) atoms. The Morgan fingerprint density at radius 1 is 1.05 bits per heavy atom. The Morgan fingerprint density at radius 2 is 1.70 bits per heavy atom. The summed E-state index contributed by atoms with van der Waals surface area (Å²) in [7, 11) is -3.89. The standard InChI is InChI=1S/C14H11FO4S/c1-19-14(16)12-9-11(10-5-3-2-4-6-10)7-8-13(12)20(15,17)18/h2-9H,1H3. The van der Waals surface area contributed by atoms with Crippen molar-refractivity contribution in [3.8, 4) is 11.1 Å². The van der Waals surface area contributed by atoms with Gasteiger partial charge in [-0.3, -0.25) is 0 Å². The maximum Gasteiger partial charge on any atom is 0.339 e. The second-order valence-electron chi connectivity index (χ2n) is 4.01. The van der Waals surface area contributed by atoms with Gasteiger partial charge in [-0.2, -0.15) is 8.42 Å². The minimum Gasteiger partial charge on any atom is -0.465 e. The third-order valence-corrected chi connectivity index (χ3v) is 3.64. The van der Waals surface area contributed by atoms with E-state index < -0.39 is 21.1 Å². The van der Waals surface area contributed by atoms with E-state index in [1.807, 2.05) is 6.07 Å². The molecule has 0 N–H and O–H groups in total. The molecule has 0 fully saturated rings. The second kappa shape index (κ2) is 5.42. The van der Waals surface area contributed by atoms with Crippen LogP contribution in [-0.4, -0.2) is 21.5 Å². The Morgan fingerprint density at radius 3 is 2.25 bits per heavy atom. The van der Waals surface area contributed by atoms with E-state index >= 15 is 0 Å². The molecule has 0 aliphatic carbocycles. The molecule has 0 radical (unpaired) electrons. The van der Waals surface area contributed by atoms with Gasteiger partial charge in [-0.1, -0.05) is 36.4 Å². The van der Waals surface area contributed by atoms with Gasteiger partial charge in [0.1, 0.15) is 4.90 Å². The molecule has 0 aliphatic heterocycles. The van der Waals surface area contributed by atoms with Gasteiger partial charge in [-0.15, -0.1) is 3.89 Å². The lowest BCUT2D eigenvalue weighted by molar-refractivity contribution is 0.0596. The molecule has 0 saturated heterocycles. The first kappa shape index (κ1) is 14.2. The molecule has 6 heteroatoms. The van der Waals surface area contributed by atoms with E-state index in [9.17, 15) is 17.1 Å². The third-order valence-electron chi connectivity index (χ3n) is 2.75. The van der Waals surface area contributed by atoms with Crippen molar-refractivity contribution >= 4 is 16.2 Å². The number of carbonyl (C=O) groups is 1. The highest BCUT2D eigenvalue weighted by Crippen LogP contribution is 2.26. The Labute approximate surface area is 116 Å². The molecule has 0 spiro atoms. The fraction of sp³-hybridized carbons (Fsp3) is 0.0714.